The molecule has 2 fully saturated rings. The van der Waals surface area contributed by atoms with Crippen LogP contribution in [-0.2, 0) is 11.8 Å². The predicted octanol–water partition coefficient (Wildman–Crippen LogP) is 1.77. The highest BCUT2D eigenvalue weighted by molar-refractivity contribution is 14.0. The maximum atomic E-state index is 12.7. The lowest BCUT2D eigenvalue weighted by atomic mass is 9.94. The van der Waals surface area contributed by atoms with E-state index in [-0.39, 0.29) is 29.9 Å². The number of carbonyl (C=O) groups excluding carboxylic acids is 1. The second-order valence-corrected chi connectivity index (χ2v) is 7.74. The van der Waals surface area contributed by atoms with Gasteiger partial charge in [0.2, 0.25) is 5.91 Å². The van der Waals surface area contributed by atoms with Crippen molar-refractivity contribution in [1.29, 1.82) is 0 Å². The summed E-state index contributed by atoms with van der Waals surface area (Å²) in [5, 5.41) is 7.54. The first-order chi connectivity index (χ1) is 13.6. The van der Waals surface area contributed by atoms with Crippen LogP contribution in [0.15, 0.2) is 17.4 Å². The van der Waals surface area contributed by atoms with E-state index in [4.69, 9.17) is 4.99 Å². The third kappa shape index (κ3) is 6.56. The second-order valence-electron chi connectivity index (χ2n) is 7.74. The Morgan fingerprint density at radius 1 is 1.24 bits per heavy atom. The summed E-state index contributed by atoms with van der Waals surface area (Å²) in [4.78, 5) is 23.9. The van der Waals surface area contributed by atoms with E-state index in [9.17, 15) is 4.79 Å². The number of aliphatic imine (C=N–C) groups is 1. The molecule has 0 aliphatic carbocycles. The molecule has 0 atom stereocenters. The summed E-state index contributed by atoms with van der Waals surface area (Å²) in [6.45, 7) is 11.3. The summed E-state index contributed by atoms with van der Waals surface area (Å²) in [5.74, 6) is 1.74. The van der Waals surface area contributed by atoms with Crippen LogP contribution in [0, 0.1) is 5.92 Å². The molecule has 1 aromatic heterocycles. The average molecular weight is 517 g/mol. The van der Waals surface area contributed by atoms with E-state index < -0.39 is 0 Å². The molecular weight excluding hydrogens is 481 g/mol. The maximum Gasteiger partial charge on any atom is 0.246 e. The van der Waals surface area contributed by atoms with Crippen LogP contribution in [-0.4, -0.2) is 83.8 Å². The molecule has 0 bridgehead atoms. The van der Waals surface area contributed by atoms with Gasteiger partial charge < -0.3 is 20.0 Å². The lowest BCUT2D eigenvalue weighted by molar-refractivity contribution is -0.120. The lowest BCUT2D eigenvalue weighted by Gasteiger charge is -2.35. The number of amides is 1. The molecule has 0 saturated carbocycles. The van der Waals surface area contributed by atoms with E-state index in [1.165, 1.54) is 25.9 Å². The van der Waals surface area contributed by atoms with Crippen molar-refractivity contribution in [3.63, 3.8) is 0 Å². The summed E-state index contributed by atoms with van der Waals surface area (Å²) < 4.78 is 1.73. The van der Waals surface area contributed by atoms with Gasteiger partial charge in [0.15, 0.2) is 5.96 Å². The van der Waals surface area contributed by atoms with Crippen LogP contribution in [0.5, 0.6) is 0 Å². The molecule has 2 saturated heterocycles. The average Bonchev–Trinajstić information content (AvgIpc) is 3.13. The number of hydrogen-bond acceptors (Lipinski definition) is 4. The van der Waals surface area contributed by atoms with Crippen LogP contribution in [0.25, 0.3) is 0 Å². The van der Waals surface area contributed by atoms with Gasteiger partial charge >= 0.3 is 0 Å². The third-order valence-electron chi connectivity index (χ3n) is 5.81. The minimum absolute atomic E-state index is 0. The lowest BCUT2D eigenvalue weighted by Crippen LogP contribution is -2.55. The number of anilines is 1. The molecule has 1 aromatic rings. The van der Waals surface area contributed by atoms with Crippen molar-refractivity contribution in [2.75, 3.05) is 57.3 Å². The predicted molar refractivity (Wildman–Crippen MR) is 128 cm³/mol. The number of rotatable bonds is 6. The number of aryl methyl sites for hydroxylation is 1. The SMILES string of the molecule is CCNC(=NCCC1CCN(CC)CC1)N1CCN(c2cnn(C)c2)C(=O)C1.I. The minimum atomic E-state index is 0. The largest absolute Gasteiger partial charge is 0.357 e. The summed E-state index contributed by atoms with van der Waals surface area (Å²) in [6.07, 6.45) is 7.33. The van der Waals surface area contributed by atoms with E-state index in [2.05, 4.69) is 34.1 Å². The van der Waals surface area contributed by atoms with E-state index in [1.54, 1.807) is 10.9 Å². The molecule has 9 heteroatoms. The van der Waals surface area contributed by atoms with E-state index >= 15 is 0 Å². The van der Waals surface area contributed by atoms with E-state index in [0.717, 1.165) is 50.2 Å². The molecule has 0 aromatic carbocycles. The van der Waals surface area contributed by atoms with Crippen LogP contribution in [0.2, 0.25) is 0 Å². The monoisotopic (exact) mass is 517 g/mol. The van der Waals surface area contributed by atoms with Crippen LogP contribution < -0.4 is 10.2 Å². The van der Waals surface area contributed by atoms with Gasteiger partial charge in [-0.25, -0.2) is 0 Å². The molecule has 29 heavy (non-hydrogen) atoms. The summed E-state index contributed by atoms with van der Waals surface area (Å²) in [6, 6.07) is 0. The molecule has 164 valence electrons. The highest BCUT2D eigenvalue weighted by Gasteiger charge is 2.27. The van der Waals surface area contributed by atoms with Gasteiger partial charge in [0, 0.05) is 39.4 Å². The van der Waals surface area contributed by atoms with Gasteiger partial charge in [-0.3, -0.25) is 14.5 Å². The topological polar surface area (TPSA) is 69.0 Å². The van der Waals surface area contributed by atoms with Gasteiger partial charge in [0.05, 0.1) is 11.9 Å². The Labute approximate surface area is 191 Å². The fourth-order valence-electron chi connectivity index (χ4n) is 4.04. The van der Waals surface area contributed by atoms with Crippen LogP contribution in [0.4, 0.5) is 5.69 Å². The van der Waals surface area contributed by atoms with Crippen molar-refractivity contribution < 1.29 is 4.79 Å². The Hall–Kier alpha value is -1.36. The Morgan fingerprint density at radius 3 is 2.59 bits per heavy atom. The summed E-state index contributed by atoms with van der Waals surface area (Å²) >= 11 is 0. The molecule has 8 nitrogen and oxygen atoms in total. The third-order valence-corrected chi connectivity index (χ3v) is 5.81. The Balaban J connectivity index is 0.00000300. The first kappa shape index (κ1) is 23.9. The van der Waals surface area contributed by atoms with Crippen molar-refractivity contribution in [1.82, 2.24) is 24.9 Å². The summed E-state index contributed by atoms with van der Waals surface area (Å²) in [7, 11) is 1.87. The quantitative estimate of drug-likeness (QED) is 0.354. The van der Waals surface area contributed by atoms with Crippen molar-refractivity contribution >= 4 is 41.5 Å². The zero-order chi connectivity index (χ0) is 19.9. The van der Waals surface area contributed by atoms with Gasteiger partial charge in [-0.2, -0.15) is 5.10 Å². The zero-order valence-electron chi connectivity index (χ0n) is 18.0. The van der Waals surface area contributed by atoms with Crippen LogP contribution >= 0.6 is 24.0 Å². The second kappa shape index (κ2) is 11.7. The van der Waals surface area contributed by atoms with Gasteiger partial charge in [0.25, 0.3) is 0 Å². The zero-order valence-corrected chi connectivity index (χ0v) is 20.3. The van der Waals surface area contributed by atoms with Crippen molar-refractivity contribution in [3.05, 3.63) is 12.4 Å². The molecule has 1 N–H and O–H groups in total. The summed E-state index contributed by atoms with van der Waals surface area (Å²) in [5.41, 5.74) is 0.868. The molecule has 2 aliphatic rings. The first-order valence-corrected chi connectivity index (χ1v) is 10.6. The van der Waals surface area contributed by atoms with E-state index in [0.29, 0.717) is 13.1 Å². The molecular formula is C20H36IN7O. The number of hydrogen-bond donors (Lipinski definition) is 1. The number of piperidine rings is 1. The number of aromatic nitrogens is 2. The Bertz CT molecular complexity index is 670. The normalized spacial score (nSPS) is 19.4. The highest BCUT2D eigenvalue weighted by Crippen LogP contribution is 2.20. The van der Waals surface area contributed by atoms with E-state index in [1.807, 2.05) is 18.1 Å². The van der Waals surface area contributed by atoms with Gasteiger partial charge in [-0.15, -0.1) is 24.0 Å². The highest BCUT2D eigenvalue weighted by atomic mass is 127. The van der Waals surface area contributed by atoms with Crippen LogP contribution in [0.1, 0.15) is 33.1 Å². The molecule has 1 amide bonds. The first-order valence-electron chi connectivity index (χ1n) is 10.6. The number of carbonyl (C=O) groups is 1. The molecule has 0 spiro atoms. The number of nitrogens with zero attached hydrogens (tertiary/aromatic N) is 6. The van der Waals surface area contributed by atoms with Gasteiger partial charge in [-0.05, 0) is 51.7 Å². The number of guanidine groups is 1. The molecule has 0 radical (unpaired) electrons. The molecule has 3 heterocycles. The van der Waals surface area contributed by atoms with Crippen LogP contribution in [0.3, 0.4) is 0 Å². The standard InChI is InChI=1S/C20H35N7O.HI/c1-4-21-20(22-9-6-17-7-10-25(5-2)11-8-17)26-12-13-27(19(28)16-26)18-14-23-24(3)15-18;/h14-15,17H,4-13,16H2,1-3H3,(H,21,22);1H. The molecule has 3 rings (SSSR count). The minimum Gasteiger partial charge on any atom is -0.357 e. The number of halogens is 1. The van der Waals surface area contributed by atoms with Crippen molar-refractivity contribution in [2.45, 2.75) is 33.1 Å². The van der Waals surface area contributed by atoms with Crippen molar-refractivity contribution in [3.8, 4) is 0 Å². The molecule has 2 aliphatic heterocycles. The maximum absolute atomic E-state index is 12.7. The fourth-order valence-corrected chi connectivity index (χ4v) is 4.04. The Kier molecular flexibility index (Phi) is 9.67. The number of nitrogens with one attached hydrogen (secondary N) is 1. The fraction of sp³-hybridized carbons (Fsp3) is 0.750. The number of piperazine rings is 1. The Morgan fingerprint density at radius 2 is 2.00 bits per heavy atom. The molecule has 0 unspecified atom stereocenters. The van der Waals surface area contributed by atoms with Gasteiger partial charge in [-0.1, -0.05) is 6.92 Å². The number of likely N-dealkylation sites (tertiary alicyclic amines) is 1. The van der Waals surface area contributed by atoms with Crippen molar-refractivity contribution in [2.24, 2.45) is 18.0 Å². The smallest absolute Gasteiger partial charge is 0.246 e. The van der Waals surface area contributed by atoms with Gasteiger partial charge in [0.1, 0.15) is 6.54 Å².